The van der Waals surface area contributed by atoms with Crippen molar-refractivity contribution >= 4 is 11.6 Å². The average Bonchev–Trinajstić information content (AvgIpc) is 2.46. The third-order valence-corrected chi connectivity index (χ3v) is 3.40. The number of hydrogen-bond donors (Lipinski definition) is 0. The highest BCUT2D eigenvalue weighted by atomic mass is 16.2. The summed E-state index contributed by atoms with van der Waals surface area (Å²) >= 11 is 0. The summed E-state index contributed by atoms with van der Waals surface area (Å²) in [6.45, 7) is 5.15. The monoisotopic (exact) mass is 273 g/mol. The first-order valence-corrected chi connectivity index (χ1v) is 6.98. The van der Waals surface area contributed by atoms with E-state index in [1.165, 1.54) is 0 Å². The topological polar surface area (TPSA) is 47.3 Å². The van der Waals surface area contributed by atoms with Crippen molar-refractivity contribution in [3.05, 3.63) is 29.8 Å². The lowest BCUT2D eigenvalue weighted by Gasteiger charge is -2.22. The molecular formula is C16H23N3O. The SMILES string of the molecule is CCN(CC)C(=O)C(C#N)Cc1cccc(N(C)C)c1. The van der Waals surface area contributed by atoms with Crippen molar-refractivity contribution in [3.8, 4) is 6.07 Å². The van der Waals surface area contributed by atoms with Crippen LogP contribution in [-0.2, 0) is 11.2 Å². The van der Waals surface area contributed by atoms with E-state index in [-0.39, 0.29) is 5.91 Å². The van der Waals surface area contributed by atoms with Crippen LogP contribution in [0.2, 0.25) is 0 Å². The third-order valence-electron chi connectivity index (χ3n) is 3.40. The zero-order chi connectivity index (χ0) is 15.1. The predicted molar refractivity (Wildman–Crippen MR) is 81.5 cm³/mol. The van der Waals surface area contributed by atoms with Crippen LogP contribution in [0.15, 0.2) is 24.3 Å². The highest BCUT2D eigenvalue weighted by Crippen LogP contribution is 2.17. The van der Waals surface area contributed by atoms with E-state index >= 15 is 0 Å². The van der Waals surface area contributed by atoms with Crippen LogP contribution in [0.3, 0.4) is 0 Å². The molecule has 1 aromatic carbocycles. The summed E-state index contributed by atoms with van der Waals surface area (Å²) in [5, 5.41) is 9.27. The van der Waals surface area contributed by atoms with E-state index in [0.717, 1.165) is 11.3 Å². The van der Waals surface area contributed by atoms with Crippen LogP contribution in [0.1, 0.15) is 19.4 Å². The smallest absolute Gasteiger partial charge is 0.240 e. The van der Waals surface area contributed by atoms with E-state index in [9.17, 15) is 10.1 Å². The van der Waals surface area contributed by atoms with Crippen molar-refractivity contribution in [1.29, 1.82) is 5.26 Å². The number of hydrogen-bond acceptors (Lipinski definition) is 3. The molecule has 0 aliphatic heterocycles. The molecule has 1 amide bonds. The Morgan fingerprint density at radius 3 is 2.45 bits per heavy atom. The third kappa shape index (κ3) is 3.99. The summed E-state index contributed by atoms with van der Waals surface area (Å²) < 4.78 is 0. The minimum Gasteiger partial charge on any atom is -0.378 e. The molecule has 1 atom stereocenters. The molecule has 1 unspecified atom stereocenters. The number of carbonyl (C=O) groups is 1. The fourth-order valence-electron chi connectivity index (χ4n) is 2.14. The lowest BCUT2D eigenvalue weighted by atomic mass is 9.98. The second-order valence-corrected chi connectivity index (χ2v) is 4.96. The van der Waals surface area contributed by atoms with E-state index in [4.69, 9.17) is 0 Å². The molecular weight excluding hydrogens is 250 g/mol. The summed E-state index contributed by atoms with van der Waals surface area (Å²) in [6.07, 6.45) is 0.466. The van der Waals surface area contributed by atoms with Gasteiger partial charge in [0.2, 0.25) is 5.91 Å². The van der Waals surface area contributed by atoms with Gasteiger partial charge in [0, 0.05) is 32.9 Å². The largest absolute Gasteiger partial charge is 0.378 e. The molecule has 0 saturated heterocycles. The minimum atomic E-state index is -0.604. The Hall–Kier alpha value is -2.02. The molecule has 4 nitrogen and oxygen atoms in total. The van der Waals surface area contributed by atoms with Crippen LogP contribution >= 0.6 is 0 Å². The molecule has 0 heterocycles. The fraction of sp³-hybridized carbons (Fsp3) is 0.500. The standard InChI is InChI=1S/C16H23N3O/c1-5-19(6-2)16(20)14(12-17)10-13-8-7-9-15(11-13)18(3)4/h7-9,11,14H,5-6,10H2,1-4H3. The van der Waals surface area contributed by atoms with Crippen molar-refractivity contribution in [3.63, 3.8) is 0 Å². The molecule has 0 N–H and O–H groups in total. The number of benzene rings is 1. The molecule has 0 aliphatic rings. The Morgan fingerprint density at radius 2 is 1.95 bits per heavy atom. The fourth-order valence-corrected chi connectivity index (χ4v) is 2.14. The molecule has 0 fully saturated rings. The van der Waals surface area contributed by atoms with Crippen molar-refractivity contribution in [1.82, 2.24) is 4.90 Å². The van der Waals surface area contributed by atoms with E-state index in [2.05, 4.69) is 6.07 Å². The van der Waals surface area contributed by atoms with E-state index in [1.807, 2.05) is 57.1 Å². The van der Waals surface area contributed by atoms with Gasteiger partial charge in [-0.05, 0) is 38.0 Å². The maximum atomic E-state index is 12.3. The van der Waals surface area contributed by atoms with Gasteiger partial charge in [-0.1, -0.05) is 12.1 Å². The van der Waals surface area contributed by atoms with E-state index < -0.39 is 5.92 Å². The van der Waals surface area contributed by atoms with Crippen LogP contribution in [0, 0.1) is 17.2 Å². The van der Waals surface area contributed by atoms with Gasteiger partial charge in [-0.2, -0.15) is 5.26 Å². The van der Waals surface area contributed by atoms with Gasteiger partial charge in [-0.15, -0.1) is 0 Å². The number of anilines is 1. The van der Waals surface area contributed by atoms with Crippen molar-refractivity contribution < 1.29 is 4.79 Å². The molecule has 1 aromatic rings. The zero-order valence-electron chi connectivity index (χ0n) is 12.8. The molecule has 0 saturated carbocycles. The summed E-state index contributed by atoms with van der Waals surface area (Å²) in [6, 6.07) is 10.1. The molecule has 0 aromatic heterocycles. The first-order valence-electron chi connectivity index (χ1n) is 6.98. The van der Waals surface area contributed by atoms with Gasteiger partial charge in [0.25, 0.3) is 0 Å². The van der Waals surface area contributed by atoms with Crippen molar-refractivity contribution in [2.24, 2.45) is 5.92 Å². The van der Waals surface area contributed by atoms with Crippen LogP contribution in [-0.4, -0.2) is 38.0 Å². The molecule has 108 valence electrons. The second-order valence-electron chi connectivity index (χ2n) is 4.96. The van der Waals surface area contributed by atoms with Gasteiger partial charge in [-0.3, -0.25) is 4.79 Å². The lowest BCUT2D eigenvalue weighted by molar-refractivity contribution is -0.133. The maximum Gasteiger partial charge on any atom is 0.240 e. The van der Waals surface area contributed by atoms with Gasteiger partial charge in [-0.25, -0.2) is 0 Å². The molecule has 20 heavy (non-hydrogen) atoms. The van der Waals surface area contributed by atoms with Gasteiger partial charge in [0.1, 0.15) is 5.92 Å². The average molecular weight is 273 g/mol. The zero-order valence-corrected chi connectivity index (χ0v) is 12.8. The molecule has 0 aliphatic carbocycles. The number of nitriles is 1. The Bertz CT molecular complexity index is 487. The van der Waals surface area contributed by atoms with E-state index in [1.54, 1.807) is 4.90 Å². The summed E-state index contributed by atoms with van der Waals surface area (Å²) in [5.74, 6) is -0.680. The normalized spacial score (nSPS) is 11.6. The Morgan fingerprint density at radius 1 is 1.30 bits per heavy atom. The second kappa shape index (κ2) is 7.54. The summed E-state index contributed by atoms with van der Waals surface area (Å²) in [5.41, 5.74) is 2.10. The van der Waals surface area contributed by atoms with Crippen molar-refractivity contribution in [2.45, 2.75) is 20.3 Å². The number of amides is 1. The van der Waals surface area contributed by atoms with Gasteiger partial charge in [0.05, 0.1) is 6.07 Å². The van der Waals surface area contributed by atoms with Gasteiger partial charge < -0.3 is 9.80 Å². The first kappa shape index (κ1) is 16.0. The predicted octanol–water partition coefficient (Wildman–Crippen LogP) is 2.30. The van der Waals surface area contributed by atoms with Crippen LogP contribution in [0.4, 0.5) is 5.69 Å². The highest BCUT2D eigenvalue weighted by Gasteiger charge is 2.22. The molecule has 0 spiro atoms. The molecule has 1 rings (SSSR count). The Kier molecular flexibility index (Phi) is 6.05. The van der Waals surface area contributed by atoms with Gasteiger partial charge in [0.15, 0.2) is 0 Å². The first-order chi connectivity index (χ1) is 9.53. The van der Waals surface area contributed by atoms with E-state index in [0.29, 0.717) is 19.5 Å². The highest BCUT2D eigenvalue weighted by molar-refractivity contribution is 5.81. The number of nitrogens with zero attached hydrogens (tertiary/aromatic N) is 3. The number of carbonyl (C=O) groups excluding carboxylic acids is 1. The minimum absolute atomic E-state index is 0.0762. The molecule has 0 radical (unpaired) electrons. The number of rotatable bonds is 6. The quantitative estimate of drug-likeness (QED) is 0.799. The Balaban J connectivity index is 2.86. The van der Waals surface area contributed by atoms with Crippen LogP contribution < -0.4 is 4.90 Å². The molecule has 4 heteroatoms. The molecule has 0 bridgehead atoms. The van der Waals surface area contributed by atoms with Crippen molar-refractivity contribution in [2.75, 3.05) is 32.1 Å². The summed E-state index contributed by atoms with van der Waals surface area (Å²) in [7, 11) is 3.95. The summed E-state index contributed by atoms with van der Waals surface area (Å²) in [4.78, 5) is 16.0. The Labute approximate surface area is 121 Å². The lowest BCUT2D eigenvalue weighted by Crippen LogP contribution is -2.36. The van der Waals surface area contributed by atoms with Gasteiger partial charge >= 0.3 is 0 Å². The van der Waals surface area contributed by atoms with Crippen LogP contribution in [0.25, 0.3) is 0 Å². The maximum absolute atomic E-state index is 12.3. The van der Waals surface area contributed by atoms with Crippen LogP contribution in [0.5, 0.6) is 0 Å².